The minimum absolute atomic E-state index is 0.0151. The fourth-order valence-corrected chi connectivity index (χ4v) is 1.75. The summed E-state index contributed by atoms with van der Waals surface area (Å²) in [7, 11) is 0. The second-order valence-corrected chi connectivity index (χ2v) is 3.64. The second kappa shape index (κ2) is 3.85. The second-order valence-electron chi connectivity index (χ2n) is 3.64. The lowest BCUT2D eigenvalue weighted by atomic mass is 10.1. The Balaban J connectivity index is 1.78. The molecule has 0 saturated carbocycles. The van der Waals surface area contributed by atoms with E-state index in [1.165, 1.54) is 0 Å². The van der Waals surface area contributed by atoms with Crippen LogP contribution >= 0.6 is 0 Å². The van der Waals surface area contributed by atoms with E-state index in [4.69, 9.17) is 9.15 Å². The molecule has 1 aliphatic heterocycles. The fourth-order valence-electron chi connectivity index (χ4n) is 1.75. The van der Waals surface area contributed by atoms with Crippen molar-refractivity contribution in [2.75, 3.05) is 6.54 Å². The van der Waals surface area contributed by atoms with E-state index in [-0.39, 0.29) is 6.10 Å². The van der Waals surface area contributed by atoms with E-state index in [2.05, 4.69) is 4.99 Å². The maximum atomic E-state index is 5.75. The maximum Gasteiger partial charge on any atom is 0.253 e. The molecular formula is C13H11NO2. The van der Waals surface area contributed by atoms with Crippen molar-refractivity contribution in [3.63, 3.8) is 0 Å². The van der Waals surface area contributed by atoms with Crippen LogP contribution in [0.25, 0.3) is 0 Å². The molecule has 3 rings (SSSR count). The highest BCUT2D eigenvalue weighted by Crippen LogP contribution is 2.24. The van der Waals surface area contributed by atoms with Gasteiger partial charge in [0.15, 0.2) is 5.76 Å². The van der Waals surface area contributed by atoms with E-state index in [1.54, 1.807) is 6.26 Å². The van der Waals surface area contributed by atoms with Crippen molar-refractivity contribution in [2.24, 2.45) is 4.99 Å². The first-order valence-corrected chi connectivity index (χ1v) is 5.23. The lowest BCUT2D eigenvalue weighted by Crippen LogP contribution is -2.05. The fraction of sp³-hybridized carbons (Fsp3) is 0.154. The lowest BCUT2D eigenvalue weighted by Gasteiger charge is -2.10. The van der Waals surface area contributed by atoms with Gasteiger partial charge >= 0.3 is 0 Å². The zero-order valence-corrected chi connectivity index (χ0v) is 8.67. The molecule has 0 spiro atoms. The molecule has 80 valence electrons. The van der Waals surface area contributed by atoms with Crippen molar-refractivity contribution in [1.82, 2.24) is 0 Å². The van der Waals surface area contributed by atoms with Gasteiger partial charge in [-0.3, -0.25) is 0 Å². The zero-order chi connectivity index (χ0) is 10.8. The Kier molecular flexibility index (Phi) is 2.22. The van der Waals surface area contributed by atoms with Crippen LogP contribution in [0.15, 0.2) is 58.1 Å². The molecule has 0 saturated heterocycles. The van der Waals surface area contributed by atoms with Crippen LogP contribution in [0.2, 0.25) is 0 Å². The van der Waals surface area contributed by atoms with Crippen molar-refractivity contribution >= 4 is 5.90 Å². The summed E-state index contributed by atoms with van der Waals surface area (Å²) in [5.41, 5.74) is 1.15. The van der Waals surface area contributed by atoms with Crippen molar-refractivity contribution in [2.45, 2.75) is 6.10 Å². The molecule has 0 unspecified atom stereocenters. The molecular weight excluding hydrogens is 202 g/mol. The molecule has 0 fully saturated rings. The number of aliphatic imine (C=N–C) groups is 1. The first kappa shape index (κ1) is 9.21. The molecule has 0 amide bonds. The molecule has 2 heterocycles. The Morgan fingerprint density at radius 1 is 1.06 bits per heavy atom. The minimum Gasteiger partial charge on any atom is -0.465 e. The number of nitrogens with zero attached hydrogens (tertiary/aromatic N) is 1. The van der Waals surface area contributed by atoms with Crippen molar-refractivity contribution in [1.29, 1.82) is 0 Å². The molecule has 1 atom stereocenters. The normalized spacial score (nSPS) is 19.2. The molecule has 2 aromatic rings. The third-order valence-corrected chi connectivity index (χ3v) is 2.56. The molecule has 0 N–H and O–H groups in total. The van der Waals surface area contributed by atoms with Gasteiger partial charge in [0.25, 0.3) is 5.90 Å². The minimum atomic E-state index is 0.0151. The number of rotatable bonds is 2. The molecule has 1 aromatic carbocycles. The van der Waals surface area contributed by atoms with E-state index >= 15 is 0 Å². The van der Waals surface area contributed by atoms with Crippen LogP contribution in [0, 0.1) is 0 Å². The standard InChI is InChI=1S/C13H11NO2/c1-2-5-10(6-3-1)12-9-14-13(16-12)11-7-4-8-15-11/h1-8,12H,9H2/t12-/m1/s1. The first-order chi connectivity index (χ1) is 7.93. The van der Waals surface area contributed by atoms with Crippen molar-refractivity contribution < 1.29 is 9.15 Å². The summed E-state index contributed by atoms with van der Waals surface area (Å²) >= 11 is 0. The monoisotopic (exact) mass is 213 g/mol. The summed E-state index contributed by atoms with van der Waals surface area (Å²) < 4.78 is 11.0. The Hall–Kier alpha value is -2.03. The van der Waals surface area contributed by atoms with E-state index < -0.39 is 0 Å². The van der Waals surface area contributed by atoms with Crippen LogP contribution < -0.4 is 0 Å². The quantitative estimate of drug-likeness (QED) is 0.768. The van der Waals surface area contributed by atoms with Crippen LogP contribution in [0.5, 0.6) is 0 Å². The van der Waals surface area contributed by atoms with Gasteiger partial charge in [0.2, 0.25) is 0 Å². The topological polar surface area (TPSA) is 34.7 Å². The van der Waals surface area contributed by atoms with Crippen molar-refractivity contribution in [3.05, 3.63) is 60.1 Å². The number of benzene rings is 1. The largest absolute Gasteiger partial charge is 0.465 e. The summed E-state index contributed by atoms with van der Waals surface area (Å²) in [4.78, 5) is 4.34. The van der Waals surface area contributed by atoms with E-state index in [0.29, 0.717) is 18.2 Å². The van der Waals surface area contributed by atoms with E-state index in [9.17, 15) is 0 Å². The van der Waals surface area contributed by atoms with E-state index in [0.717, 1.165) is 5.56 Å². The smallest absolute Gasteiger partial charge is 0.253 e. The third-order valence-electron chi connectivity index (χ3n) is 2.56. The third kappa shape index (κ3) is 1.60. The van der Waals surface area contributed by atoms with Crippen LogP contribution in [-0.4, -0.2) is 12.4 Å². The Morgan fingerprint density at radius 2 is 1.94 bits per heavy atom. The maximum absolute atomic E-state index is 5.75. The number of hydrogen-bond donors (Lipinski definition) is 0. The zero-order valence-electron chi connectivity index (χ0n) is 8.67. The van der Waals surface area contributed by atoms with Gasteiger partial charge < -0.3 is 9.15 Å². The highest BCUT2D eigenvalue weighted by atomic mass is 16.5. The molecule has 1 aromatic heterocycles. The van der Waals surface area contributed by atoms with E-state index in [1.807, 2.05) is 42.5 Å². The number of furan rings is 1. The molecule has 0 aliphatic carbocycles. The van der Waals surface area contributed by atoms with Gasteiger partial charge in [-0.05, 0) is 17.7 Å². The van der Waals surface area contributed by atoms with Gasteiger partial charge in [-0.25, -0.2) is 4.99 Å². The first-order valence-electron chi connectivity index (χ1n) is 5.23. The van der Waals surface area contributed by atoms with Gasteiger partial charge in [-0.1, -0.05) is 30.3 Å². The summed E-state index contributed by atoms with van der Waals surface area (Å²) in [5.74, 6) is 1.29. The van der Waals surface area contributed by atoms with Crippen LogP contribution in [-0.2, 0) is 4.74 Å². The van der Waals surface area contributed by atoms with Gasteiger partial charge in [-0.15, -0.1) is 0 Å². The Labute approximate surface area is 93.4 Å². The van der Waals surface area contributed by atoms with Crippen LogP contribution in [0.4, 0.5) is 0 Å². The van der Waals surface area contributed by atoms with Crippen molar-refractivity contribution in [3.8, 4) is 0 Å². The van der Waals surface area contributed by atoms with Gasteiger partial charge in [0.1, 0.15) is 6.10 Å². The Morgan fingerprint density at radius 3 is 2.69 bits per heavy atom. The van der Waals surface area contributed by atoms with Gasteiger partial charge in [0.05, 0.1) is 12.8 Å². The molecule has 3 nitrogen and oxygen atoms in total. The molecule has 0 bridgehead atoms. The highest BCUT2D eigenvalue weighted by molar-refractivity contribution is 5.92. The average Bonchev–Trinajstić information content (AvgIpc) is 3.01. The summed E-state index contributed by atoms with van der Waals surface area (Å²) in [6, 6.07) is 13.8. The number of hydrogen-bond acceptors (Lipinski definition) is 3. The lowest BCUT2D eigenvalue weighted by molar-refractivity contribution is 0.226. The average molecular weight is 213 g/mol. The number of ether oxygens (including phenoxy) is 1. The summed E-state index contributed by atoms with van der Waals surface area (Å²) in [6.07, 6.45) is 1.64. The SMILES string of the molecule is c1ccc([C@H]2CN=C(c3ccco3)O2)cc1. The van der Waals surface area contributed by atoms with Gasteiger partial charge in [-0.2, -0.15) is 0 Å². The summed E-state index contributed by atoms with van der Waals surface area (Å²) in [6.45, 7) is 0.653. The molecule has 3 heteroatoms. The molecule has 1 aliphatic rings. The van der Waals surface area contributed by atoms with Crippen LogP contribution in [0.3, 0.4) is 0 Å². The molecule has 16 heavy (non-hydrogen) atoms. The predicted molar refractivity (Wildman–Crippen MR) is 60.4 cm³/mol. The molecule has 0 radical (unpaired) electrons. The highest BCUT2D eigenvalue weighted by Gasteiger charge is 2.23. The van der Waals surface area contributed by atoms with Crippen LogP contribution in [0.1, 0.15) is 17.4 Å². The predicted octanol–water partition coefficient (Wildman–Crippen LogP) is 2.80. The van der Waals surface area contributed by atoms with Gasteiger partial charge in [0, 0.05) is 0 Å². The Bertz CT molecular complexity index is 488. The summed E-state index contributed by atoms with van der Waals surface area (Å²) in [5, 5.41) is 0.